The van der Waals surface area contributed by atoms with Gasteiger partial charge in [0, 0.05) is 4.24 Å². The Balaban J connectivity index is 0. The van der Waals surface area contributed by atoms with E-state index < -0.39 is 0 Å². The maximum absolute atomic E-state index is 11.6. The van der Waals surface area contributed by atoms with Gasteiger partial charge in [0.05, 0.1) is 0 Å². The molecule has 15 heavy (non-hydrogen) atoms. The molecule has 1 aliphatic carbocycles. The molecule has 0 aromatic rings. The van der Waals surface area contributed by atoms with Gasteiger partial charge in [-0.2, -0.15) is 6.42 Å². The Morgan fingerprint density at radius 1 is 1.40 bits per heavy atom. The van der Waals surface area contributed by atoms with E-state index in [0.29, 0.717) is 0 Å². The van der Waals surface area contributed by atoms with Gasteiger partial charge in [-0.1, -0.05) is 12.8 Å². The molecule has 1 fully saturated rings. The number of allylic oxidation sites excluding steroid dienone is 1. The predicted molar refractivity (Wildman–Crippen MR) is 68.2 cm³/mol. The standard InChI is InChI=1S/C10H15OS2.CH3.Fe/c1-12-10(13-2)7-9(11)8-5-3-4-6-8;;/h5,7-8H,3-4,6H2,1-2H3;1H3;/q2*-1;+2/t8-;;/m0../s1. The van der Waals surface area contributed by atoms with Crippen molar-refractivity contribution in [2.75, 3.05) is 12.5 Å². The monoisotopic (exact) mass is 286 g/mol. The van der Waals surface area contributed by atoms with Crippen LogP contribution in [0, 0.1) is 19.8 Å². The predicted octanol–water partition coefficient (Wildman–Crippen LogP) is 3.58. The van der Waals surface area contributed by atoms with Gasteiger partial charge in [-0.05, 0) is 18.6 Å². The molecule has 0 aliphatic heterocycles. The van der Waals surface area contributed by atoms with E-state index in [4.69, 9.17) is 0 Å². The zero-order valence-electron chi connectivity index (χ0n) is 9.43. The summed E-state index contributed by atoms with van der Waals surface area (Å²) in [6, 6.07) is 0. The smallest absolute Gasteiger partial charge is 0.358 e. The van der Waals surface area contributed by atoms with E-state index in [2.05, 4.69) is 6.42 Å². The molecule has 0 aromatic heterocycles. The maximum atomic E-state index is 11.6. The Kier molecular flexibility index (Phi) is 11.8. The molecule has 1 rings (SSSR count). The minimum atomic E-state index is 0. The second-order valence-electron chi connectivity index (χ2n) is 3.05. The third-order valence-corrected chi connectivity index (χ3v) is 4.24. The minimum absolute atomic E-state index is 0. The molecule has 0 N–H and O–H groups in total. The number of hydrogen-bond acceptors (Lipinski definition) is 3. The maximum Gasteiger partial charge on any atom is 2.00 e. The van der Waals surface area contributed by atoms with E-state index in [1.165, 1.54) is 6.42 Å². The van der Waals surface area contributed by atoms with Crippen LogP contribution in [0.4, 0.5) is 0 Å². The van der Waals surface area contributed by atoms with Crippen molar-refractivity contribution < 1.29 is 21.9 Å². The molecule has 0 radical (unpaired) electrons. The summed E-state index contributed by atoms with van der Waals surface area (Å²) in [6.45, 7) is 0. The number of thioether (sulfide) groups is 2. The number of rotatable bonds is 4. The first kappa shape index (κ1) is 18.0. The van der Waals surface area contributed by atoms with Crippen molar-refractivity contribution in [3.8, 4) is 0 Å². The summed E-state index contributed by atoms with van der Waals surface area (Å²) >= 11 is 3.29. The third kappa shape index (κ3) is 6.06. The Hall–Kier alpha value is 0.629. The van der Waals surface area contributed by atoms with Gasteiger partial charge < -0.3 is 13.8 Å². The number of hydrogen-bond donors (Lipinski definition) is 0. The second-order valence-corrected chi connectivity index (χ2v) is 5.00. The molecule has 1 atom stereocenters. The van der Waals surface area contributed by atoms with Crippen molar-refractivity contribution in [1.82, 2.24) is 0 Å². The molecule has 4 heteroatoms. The number of carbonyl (C=O) groups excluding carboxylic acids is 1. The Bertz CT molecular complexity index is 205. The second kappa shape index (κ2) is 9.83. The van der Waals surface area contributed by atoms with Crippen molar-refractivity contribution in [3.05, 3.63) is 24.2 Å². The fourth-order valence-corrected chi connectivity index (χ4v) is 2.59. The Morgan fingerprint density at radius 3 is 2.40 bits per heavy atom. The van der Waals surface area contributed by atoms with E-state index in [-0.39, 0.29) is 36.2 Å². The quantitative estimate of drug-likeness (QED) is 0.447. The van der Waals surface area contributed by atoms with Crippen LogP contribution in [-0.2, 0) is 21.9 Å². The zero-order chi connectivity index (χ0) is 9.68. The summed E-state index contributed by atoms with van der Waals surface area (Å²) in [7, 11) is 0. The van der Waals surface area contributed by atoms with Crippen LogP contribution in [0.25, 0.3) is 0 Å². The van der Waals surface area contributed by atoms with E-state index in [1.54, 1.807) is 29.6 Å². The average molecular weight is 286 g/mol. The summed E-state index contributed by atoms with van der Waals surface area (Å²) in [5, 5.41) is 0. The molecule has 0 unspecified atom stereocenters. The molecular weight excluding hydrogens is 268 g/mol. The molecule has 0 bridgehead atoms. The van der Waals surface area contributed by atoms with Crippen molar-refractivity contribution >= 4 is 29.3 Å². The SMILES string of the molecule is CSC(=CC(=O)[C@H]1[CH-]CCC1)SC.[CH3-].[Fe+2]. The molecule has 1 saturated carbocycles. The average Bonchev–Trinajstić information content (AvgIpc) is 2.66. The third-order valence-electron chi connectivity index (χ3n) is 2.20. The Morgan fingerprint density at radius 2 is 2.00 bits per heavy atom. The van der Waals surface area contributed by atoms with E-state index in [9.17, 15) is 4.79 Å². The van der Waals surface area contributed by atoms with Gasteiger partial charge in [-0.15, -0.1) is 29.4 Å². The van der Waals surface area contributed by atoms with E-state index in [1.807, 2.05) is 12.5 Å². The molecule has 0 amide bonds. The van der Waals surface area contributed by atoms with E-state index in [0.717, 1.165) is 17.1 Å². The van der Waals surface area contributed by atoms with Crippen LogP contribution in [0.1, 0.15) is 19.3 Å². The van der Waals surface area contributed by atoms with Crippen molar-refractivity contribution in [2.24, 2.45) is 5.92 Å². The minimum Gasteiger partial charge on any atom is -0.358 e. The van der Waals surface area contributed by atoms with Crippen LogP contribution < -0.4 is 0 Å². The van der Waals surface area contributed by atoms with Gasteiger partial charge in [0.15, 0.2) is 0 Å². The van der Waals surface area contributed by atoms with Gasteiger partial charge >= 0.3 is 17.1 Å². The van der Waals surface area contributed by atoms with Gasteiger partial charge in [0.25, 0.3) is 0 Å². The van der Waals surface area contributed by atoms with Crippen molar-refractivity contribution in [3.63, 3.8) is 0 Å². The van der Waals surface area contributed by atoms with Crippen LogP contribution in [0.15, 0.2) is 10.3 Å². The van der Waals surface area contributed by atoms with Gasteiger partial charge in [0.2, 0.25) is 0 Å². The fraction of sp³-hybridized carbons (Fsp3) is 0.545. The van der Waals surface area contributed by atoms with E-state index >= 15 is 0 Å². The molecule has 0 saturated heterocycles. The van der Waals surface area contributed by atoms with Crippen molar-refractivity contribution in [1.29, 1.82) is 0 Å². The molecule has 1 nitrogen and oxygen atoms in total. The number of ketones is 1. The summed E-state index contributed by atoms with van der Waals surface area (Å²) < 4.78 is 1.12. The summed E-state index contributed by atoms with van der Waals surface area (Å²) in [4.78, 5) is 11.6. The van der Waals surface area contributed by atoms with Crippen LogP contribution in [-0.4, -0.2) is 18.3 Å². The van der Waals surface area contributed by atoms with Crippen LogP contribution >= 0.6 is 23.5 Å². The molecular formula is C11H18FeOS2. The first-order valence-corrected chi connectivity index (χ1v) is 6.89. The number of carbonyl (C=O) groups is 1. The normalized spacial score (nSPS) is 18.7. The van der Waals surface area contributed by atoms with Gasteiger partial charge in [-0.3, -0.25) is 4.79 Å². The largest absolute Gasteiger partial charge is 2.00 e. The zero-order valence-corrected chi connectivity index (χ0v) is 12.2. The van der Waals surface area contributed by atoms with Crippen molar-refractivity contribution in [2.45, 2.75) is 19.3 Å². The molecule has 0 spiro atoms. The van der Waals surface area contributed by atoms with Gasteiger partial charge in [-0.25, -0.2) is 0 Å². The molecule has 1 aliphatic rings. The first-order chi connectivity index (χ1) is 6.27. The van der Waals surface area contributed by atoms with Crippen LogP contribution in [0.3, 0.4) is 0 Å². The topological polar surface area (TPSA) is 17.1 Å². The molecule has 0 aromatic carbocycles. The van der Waals surface area contributed by atoms with Crippen LogP contribution in [0.5, 0.6) is 0 Å². The fourth-order valence-electron chi connectivity index (χ4n) is 1.46. The Labute approximate surface area is 113 Å². The summed E-state index contributed by atoms with van der Waals surface area (Å²) in [6.07, 6.45) is 11.3. The molecule has 0 heterocycles. The van der Waals surface area contributed by atoms with Gasteiger partial charge in [0.1, 0.15) is 5.78 Å². The summed E-state index contributed by atoms with van der Waals surface area (Å²) in [5.41, 5.74) is 0. The van der Waals surface area contributed by atoms with Crippen LogP contribution in [0.2, 0.25) is 0 Å². The molecule has 88 valence electrons. The first-order valence-electron chi connectivity index (χ1n) is 4.44. The summed E-state index contributed by atoms with van der Waals surface area (Å²) in [5.74, 6) is 0.491.